The van der Waals surface area contributed by atoms with E-state index in [1.165, 1.54) is 14.2 Å². The maximum atomic E-state index is 12.7. The van der Waals surface area contributed by atoms with Crippen molar-refractivity contribution in [2.24, 2.45) is 5.92 Å². The Labute approximate surface area is 165 Å². The molecule has 0 saturated carbocycles. The maximum absolute atomic E-state index is 12.7. The van der Waals surface area contributed by atoms with Crippen LogP contribution in [0.4, 0.5) is 10.5 Å². The predicted molar refractivity (Wildman–Crippen MR) is 104 cm³/mol. The molecule has 0 radical (unpaired) electrons. The van der Waals surface area contributed by atoms with E-state index >= 15 is 0 Å². The summed E-state index contributed by atoms with van der Waals surface area (Å²) in [6.07, 6.45) is -0.567. The third-order valence-corrected chi connectivity index (χ3v) is 4.44. The van der Waals surface area contributed by atoms with Gasteiger partial charge in [0.1, 0.15) is 11.4 Å². The zero-order valence-electron chi connectivity index (χ0n) is 17.2. The third kappa shape index (κ3) is 5.84. The van der Waals surface area contributed by atoms with E-state index < -0.39 is 18.0 Å². The highest BCUT2D eigenvalue weighted by atomic mass is 16.6. The number of para-hydroxylation sites is 1. The third-order valence-electron chi connectivity index (χ3n) is 4.44. The molecule has 1 fully saturated rings. The summed E-state index contributed by atoms with van der Waals surface area (Å²) >= 11 is 0. The predicted octanol–water partition coefficient (Wildman–Crippen LogP) is 2.40. The molecule has 0 aromatic heterocycles. The van der Waals surface area contributed by atoms with Crippen LogP contribution in [0.3, 0.4) is 0 Å². The number of nitrogens with zero attached hydrogens (tertiary/aromatic N) is 1. The molecule has 2 atom stereocenters. The van der Waals surface area contributed by atoms with Crippen molar-refractivity contribution in [3.63, 3.8) is 0 Å². The molecule has 1 aliphatic rings. The minimum Gasteiger partial charge on any atom is -0.494 e. The second-order valence-corrected chi connectivity index (χ2v) is 7.79. The van der Waals surface area contributed by atoms with Crippen LogP contribution in [0, 0.1) is 5.92 Å². The monoisotopic (exact) mass is 394 g/mol. The molecule has 1 aromatic rings. The Balaban J connectivity index is 2.03. The largest absolute Gasteiger partial charge is 0.494 e. The summed E-state index contributed by atoms with van der Waals surface area (Å²) in [5.74, 6) is -0.0341. The average Bonchev–Trinajstić information content (AvgIpc) is 3.11. The van der Waals surface area contributed by atoms with E-state index in [-0.39, 0.29) is 18.2 Å². The van der Waals surface area contributed by atoms with E-state index in [1.807, 2.05) is 20.8 Å². The zero-order valence-corrected chi connectivity index (χ0v) is 17.2. The molecule has 0 bridgehead atoms. The number of carbonyl (C=O) groups is 2. The van der Waals surface area contributed by atoms with Gasteiger partial charge in [0.25, 0.3) is 0 Å². The Hall–Kier alpha value is -2.32. The van der Waals surface area contributed by atoms with Gasteiger partial charge in [-0.05, 0) is 33.3 Å². The number of ether oxygens (including phenoxy) is 3. The zero-order chi connectivity index (χ0) is 20.9. The topological polar surface area (TPSA) is 97.3 Å². The van der Waals surface area contributed by atoms with Crippen molar-refractivity contribution in [2.75, 3.05) is 32.6 Å². The molecule has 1 saturated heterocycles. The van der Waals surface area contributed by atoms with Crippen LogP contribution in [-0.4, -0.2) is 61.2 Å². The number of nitrogens with one attached hydrogen (secondary N) is 1. The van der Waals surface area contributed by atoms with E-state index in [0.29, 0.717) is 30.9 Å². The summed E-state index contributed by atoms with van der Waals surface area (Å²) in [5, 5.41) is 12.6. The molecule has 1 aliphatic heterocycles. The summed E-state index contributed by atoms with van der Waals surface area (Å²) < 4.78 is 15.7. The fraction of sp³-hybridized carbons (Fsp3) is 0.600. The standard InChI is InChI=1S/C20H30N2O6/c1-20(2,3)28-19(25)22-10-9-14(12-22)18(24)21-15-8-6-7-13(17(15)27-5)11-16(23)26-4/h6-8,14,16,23H,9-12H2,1-5H3,(H,21,24)/t14-,16-/m0/s1. The van der Waals surface area contributed by atoms with Gasteiger partial charge < -0.3 is 29.5 Å². The van der Waals surface area contributed by atoms with Gasteiger partial charge in [-0.15, -0.1) is 0 Å². The van der Waals surface area contributed by atoms with E-state index in [2.05, 4.69) is 5.32 Å². The van der Waals surface area contributed by atoms with E-state index in [4.69, 9.17) is 14.2 Å². The van der Waals surface area contributed by atoms with Crippen LogP contribution >= 0.6 is 0 Å². The number of likely N-dealkylation sites (tertiary alicyclic amines) is 1. The highest BCUT2D eigenvalue weighted by Gasteiger charge is 2.33. The Morgan fingerprint density at radius 1 is 1.32 bits per heavy atom. The molecule has 1 heterocycles. The number of hydrogen-bond acceptors (Lipinski definition) is 6. The molecule has 1 aromatic carbocycles. The fourth-order valence-electron chi connectivity index (χ4n) is 3.06. The van der Waals surface area contributed by atoms with Gasteiger partial charge in [-0.25, -0.2) is 4.79 Å². The van der Waals surface area contributed by atoms with Crippen LogP contribution in [-0.2, 0) is 20.7 Å². The summed E-state index contributed by atoms with van der Waals surface area (Å²) in [6, 6.07) is 5.31. The van der Waals surface area contributed by atoms with Gasteiger partial charge in [-0.1, -0.05) is 12.1 Å². The number of carbonyl (C=O) groups excluding carboxylic acids is 2. The van der Waals surface area contributed by atoms with Crippen molar-refractivity contribution in [3.05, 3.63) is 23.8 Å². The lowest BCUT2D eigenvalue weighted by Crippen LogP contribution is -2.36. The van der Waals surface area contributed by atoms with Crippen molar-refractivity contribution in [2.45, 2.75) is 45.5 Å². The molecule has 0 aliphatic carbocycles. The molecule has 2 rings (SSSR count). The number of amides is 2. The number of hydrogen-bond donors (Lipinski definition) is 2. The lowest BCUT2D eigenvalue weighted by molar-refractivity contribution is -0.119. The first kappa shape index (κ1) is 22.0. The SMILES string of the molecule is COc1c(C[C@@H](O)OC)cccc1NC(=O)[C@H]1CCN(C(=O)OC(C)(C)C)C1. The van der Waals surface area contributed by atoms with Crippen molar-refractivity contribution in [1.29, 1.82) is 0 Å². The molecule has 2 N–H and O–H groups in total. The van der Waals surface area contributed by atoms with Crippen LogP contribution in [0.15, 0.2) is 18.2 Å². The first-order chi connectivity index (χ1) is 13.1. The minimum absolute atomic E-state index is 0.186. The smallest absolute Gasteiger partial charge is 0.410 e. The van der Waals surface area contributed by atoms with Crippen molar-refractivity contribution < 1.29 is 28.9 Å². The van der Waals surface area contributed by atoms with Gasteiger partial charge in [-0.2, -0.15) is 0 Å². The highest BCUT2D eigenvalue weighted by Crippen LogP contribution is 2.31. The number of benzene rings is 1. The maximum Gasteiger partial charge on any atom is 0.410 e. The van der Waals surface area contributed by atoms with Crippen LogP contribution in [0.2, 0.25) is 0 Å². The van der Waals surface area contributed by atoms with Crippen molar-refractivity contribution in [3.8, 4) is 5.75 Å². The Bertz CT molecular complexity index is 700. The minimum atomic E-state index is -0.961. The first-order valence-electron chi connectivity index (χ1n) is 9.30. The van der Waals surface area contributed by atoms with Crippen LogP contribution in [0.25, 0.3) is 0 Å². The second-order valence-electron chi connectivity index (χ2n) is 7.79. The molecule has 0 spiro atoms. The number of aliphatic hydroxyl groups is 1. The second kappa shape index (κ2) is 9.25. The van der Waals surface area contributed by atoms with Crippen LogP contribution in [0.1, 0.15) is 32.8 Å². The van der Waals surface area contributed by atoms with Gasteiger partial charge in [-0.3, -0.25) is 4.79 Å². The summed E-state index contributed by atoms with van der Waals surface area (Å²) in [4.78, 5) is 26.4. The quantitative estimate of drug-likeness (QED) is 0.719. The summed E-state index contributed by atoms with van der Waals surface area (Å²) in [6.45, 7) is 6.22. The normalized spacial score (nSPS) is 17.9. The molecule has 2 amide bonds. The molecular formula is C20H30N2O6. The first-order valence-corrected chi connectivity index (χ1v) is 9.30. The molecule has 8 nitrogen and oxygen atoms in total. The summed E-state index contributed by atoms with van der Waals surface area (Å²) in [5.41, 5.74) is 0.665. The highest BCUT2D eigenvalue weighted by molar-refractivity contribution is 5.95. The average molecular weight is 394 g/mol. The molecule has 28 heavy (non-hydrogen) atoms. The van der Waals surface area contributed by atoms with E-state index in [9.17, 15) is 14.7 Å². The number of rotatable bonds is 6. The van der Waals surface area contributed by atoms with Gasteiger partial charge in [0.2, 0.25) is 5.91 Å². The van der Waals surface area contributed by atoms with Crippen LogP contribution in [0.5, 0.6) is 5.75 Å². The van der Waals surface area contributed by atoms with Crippen molar-refractivity contribution in [1.82, 2.24) is 4.90 Å². The number of aliphatic hydroxyl groups excluding tert-OH is 1. The van der Waals surface area contributed by atoms with Gasteiger partial charge in [0.05, 0.1) is 18.7 Å². The van der Waals surface area contributed by atoms with Crippen LogP contribution < -0.4 is 10.1 Å². The lowest BCUT2D eigenvalue weighted by Gasteiger charge is -2.24. The molecule has 156 valence electrons. The van der Waals surface area contributed by atoms with Gasteiger partial charge >= 0.3 is 6.09 Å². The molecule has 8 heteroatoms. The fourth-order valence-corrected chi connectivity index (χ4v) is 3.06. The van der Waals surface area contributed by atoms with E-state index in [0.717, 1.165) is 5.56 Å². The molecular weight excluding hydrogens is 364 g/mol. The summed E-state index contributed by atoms with van der Waals surface area (Å²) in [7, 11) is 2.92. The Kier molecular flexibility index (Phi) is 7.26. The Morgan fingerprint density at radius 2 is 2.04 bits per heavy atom. The van der Waals surface area contributed by atoms with Gasteiger partial charge in [0, 0.05) is 32.2 Å². The van der Waals surface area contributed by atoms with Crippen molar-refractivity contribution >= 4 is 17.7 Å². The van der Waals surface area contributed by atoms with Gasteiger partial charge in [0.15, 0.2) is 6.29 Å². The molecule has 0 unspecified atom stereocenters. The number of anilines is 1. The Morgan fingerprint density at radius 3 is 2.64 bits per heavy atom. The van der Waals surface area contributed by atoms with E-state index in [1.54, 1.807) is 23.1 Å². The number of methoxy groups -OCH3 is 2. The lowest BCUT2D eigenvalue weighted by atomic mass is 10.1.